The molecule has 0 saturated heterocycles. The van der Waals surface area contributed by atoms with E-state index in [0.717, 1.165) is 40.9 Å². The number of methoxy groups -OCH3 is 1. The lowest BCUT2D eigenvalue weighted by Gasteiger charge is -2.11. The summed E-state index contributed by atoms with van der Waals surface area (Å²) in [7, 11) is 1.68. The first-order valence-corrected chi connectivity index (χ1v) is 8.72. The van der Waals surface area contributed by atoms with Gasteiger partial charge in [0.15, 0.2) is 5.96 Å². The van der Waals surface area contributed by atoms with Crippen LogP contribution >= 0.6 is 35.3 Å². The highest BCUT2D eigenvalue weighted by Crippen LogP contribution is 2.17. The maximum Gasteiger partial charge on any atom is 0.191 e. The number of ether oxygens (including phenoxy) is 1. The zero-order valence-electron chi connectivity index (χ0n) is 14.3. The standard InChI is InChI=1S/C17H24N4OS.HI/c1-4-16-21-14(12-23-16)11-20-17(18-5-2)19-10-13-8-6-7-9-15(13)22-3;/h6-9,12H,4-5,10-11H2,1-3H3,(H2,18,19,20);1H. The summed E-state index contributed by atoms with van der Waals surface area (Å²) in [6.07, 6.45) is 0.979. The summed E-state index contributed by atoms with van der Waals surface area (Å²) in [5, 5.41) is 9.84. The van der Waals surface area contributed by atoms with Crippen molar-refractivity contribution in [2.24, 2.45) is 4.99 Å². The van der Waals surface area contributed by atoms with Crippen LogP contribution in [0.2, 0.25) is 0 Å². The van der Waals surface area contributed by atoms with Crippen LogP contribution in [0.4, 0.5) is 0 Å². The van der Waals surface area contributed by atoms with E-state index in [1.54, 1.807) is 18.4 Å². The molecule has 0 aliphatic heterocycles. The van der Waals surface area contributed by atoms with Crippen LogP contribution < -0.4 is 15.4 Å². The zero-order chi connectivity index (χ0) is 16.5. The first kappa shape index (κ1) is 20.7. The highest BCUT2D eigenvalue weighted by Gasteiger charge is 2.04. The van der Waals surface area contributed by atoms with Gasteiger partial charge in [-0.25, -0.2) is 9.98 Å². The number of thiazole rings is 1. The molecule has 0 saturated carbocycles. The fourth-order valence-corrected chi connectivity index (χ4v) is 2.85. The average molecular weight is 460 g/mol. The van der Waals surface area contributed by atoms with Gasteiger partial charge in [-0.2, -0.15) is 0 Å². The second-order valence-electron chi connectivity index (χ2n) is 4.95. The Balaban J connectivity index is 0.00000288. The van der Waals surface area contributed by atoms with Crippen LogP contribution in [0.25, 0.3) is 0 Å². The normalized spacial score (nSPS) is 10.9. The first-order valence-electron chi connectivity index (χ1n) is 7.84. The maximum atomic E-state index is 5.36. The van der Waals surface area contributed by atoms with Gasteiger partial charge >= 0.3 is 0 Å². The average Bonchev–Trinajstić information content (AvgIpc) is 3.05. The molecule has 1 heterocycles. The fourth-order valence-electron chi connectivity index (χ4n) is 2.11. The molecule has 0 aliphatic carbocycles. The largest absolute Gasteiger partial charge is 0.496 e. The number of rotatable bonds is 7. The Labute approximate surface area is 165 Å². The number of nitrogens with one attached hydrogen (secondary N) is 2. The number of hydrogen-bond donors (Lipinski definition) is 2. The van der Waals surface area contributed by atoms with Gasteiger partial charge < -0.3 is 15.4 Å². The van der Waals surface area contributed by atoms with Gasteiger partial charge in [-0.3, -0.25) is 0 Å². The maximum absolute atomic E-state index is 5.36. The number of aliphatic imine (C=N–C) groups is 1. The second kappa shape index (κ2) is 11.2. The summed E-state index contributed by atoms with van der Waals surface area (Å²) >= 11 is 1.70. The summed E-state index contributed by atoms with van der Waals surface area (Å²) in [5.74, 6) is 1.64. The molecule has 24 heavy (non-hydrogen) atoms. The third kappa shape index (κ3) is 6.27. The summed E-state index contributed by atoms with van der Waals surface area (Å²) in [5.41, 5.74) is 2.11. The highest BCUT2D eigenvalue weighted by atomic mass is 127. The third-order valence-corrected chi connectivity index (χ3v) is 4.32. The van der Waals surface area contributed by atoms with Crippen molar-refractivity contribution < 1.29 is 4.74 Å². The van der Waals surface area contributed by atoms with Gasteiger partial charge in [0, 0.05) is 17.5 Å². The number of halogens is 1. The predicted octanol–water partition coefficient (Wildman–Crippen LogP) is 3.59. The van der Waals surface area contributed by atoms with E-state index in [9.17, 15) is 0 Å². The zero-order valence-corrected chi connectivity index (χ0v) is 17.5. The third-order valence-electron chi connectivity index (χ3n) is 3.28. The van der Waals surface area contributed by atoms with Crippen molar-refractivity contribution in [1.82, 2.24) is 15.6 Å². The Morgan fingerprint density at radius 1 is 1.25 bits per heavy atom. The van der Waals surface area contributed by atoms with Crippen molar-refractivity contribution in [3.05, 3.63) is 45.9 Å². The van der Waals surface area contributed by atoms with Gasteiger partial charge in [0.25, 0.3) is 0 Å². The summed E-state index contributed by atoms with van der Waals surface area (Å²) in [6.45, 7) is 6.23. The van der Waals surface area contributed by atoms with E-state index in [1.807, 2.05) is 24.3 Å². The van der Waals surface area contributed by atoms with Crippen LogP contribution in [0.5, 0.6) is 5.75 Å². The van der Waals surface area contributed by atoms with E-state index in [2.05, 4.69) is 39.8 Å². The topological polar surface area (TPSA) is 58.5 Å². The quantitative estimate of drug-likeness (QED) is 0.377. The minimum Gasteiger partial charge on any atom is -0.496 e. The molecule has 0 bridgehead atoms. The Morgan fingerprint density at radius 3 is 2.71 bits per heavy atom. The number of para-hydroxylation sites is 1. The molecule has 2 rings (SSSR count). The molecule has 0 amide bonds. The van der Waals surface area contributed by atoms with Crippen molar-refractivity contribution >= 4 is 41.3 Å². The molecule has 0 fully saturated rings. The SMILES string of the molecule is CCNC(=NCc1ccccc1OC)NCc1csc(CC)n1.I. The lowest BCUT2D eigenvalue weighted by atomic mass is 10.2. The molecule has 0 spiro atoms. The molecule has 0 atom stereocenters. The predicted molar refractivity (Wildman–Crippen MR) is 112 cm³/mol. The Bertz CT molecular complexity index is 645. The van der Waals surface area contributed by atoms with Gasteiger partial charge in [0.2, 0.25) is 0 Å². The summed E-state index contributed by atoms with van der Waals surface area (Å²) < 4.78 is 5.36. The number of benzene rings is 1. The van der Waals surface area contributed by atoms with E-state index >= 15 is 0 Å². The van der Waals surface area contributed by atoms with Gasteiger partial charge in [-0.1, -0.05) is 25.1 Å². The number of hydrogen-bond acceptors (Lipinski definition) is 4. The van der Waals surface area contributed by atoms with E-state index in [1.165, 1.54) is 0 Å². The van der Waals surface area contributed by atoms with Crippen LogP contribution in [-0.4, -0.2) is 24.6 Å². The van der Waals surface area contributed by atoms with Crippen LogP contribution in [-0.2, 0) is 19.5 Å². The van der Waals surface area contributed by atoms with Crippen LogP contribution in [0.1, 0.15) is 30.1 Å². The van der Waals surface area contributed by atoms with Gasteiger partial charge in [-0.05, 0) is 19.4 Å². The molecule has 1 aromatic carbocycles. The van der Waals surface area contributed by atoms with Gasteiger partial charge in [0.1, 0.15) is 5.75 Å². The van der Waals surface area contributed by atoms with Crippen molar-refractivity contribution in [3.8, 4) is 5.75 Å². The molecule has 2 N–H and O–H groups in total. The van der Waals surface area contributed by atoms with E-state index in [-0.39, 0.29) is 24.0 Å². The first-order chi connectivity index (χ1) is 11.3. The second-order valence-corrected chi connectivity index (χ2v) is 5.89. The monoisotopic (exact) mass is 460 g/mol. The molecular weight excluding hydrogens is 435 g/mol. The molecule has 0 radical (unpaired) electrons. The van der Waals surface area contributed by atoms with E-state index in [0.29, 0.717) is 13.1 Å². The molecule has 132 valence electrons. The van der Waals surface area contributed by atoms with E-state index in [4.69, 9.17) is 4.74 Å². The van der Waals surface area contributed by atoms with Crippen LogP contribution in [0.3, 0.4) is 0 Å². The molecule has 5 nitrogen and oxygen atoms in total. The molecule has 7 heteroatoms. The van der Waals surface area contributed by atoms with Crippen molar-refractivity contribution in [3.63, 3.8) is 0 Å². The lowest BCUT2D eigenvalue weighted by molar-refractivity contribution is 0.410. The van der Waals surface area contributed by atoms with Gasteiger partial charge in [0.05, 0.1) is 30.9 Å². The number of nitrogens with zero attached hydrogens (tertiary/aromatic N) is 2. The van der Waals surface area contributed by atoms with Crippen LogP contribution in [0.15, 0.2) is 34.6 Å². The van der Waals surface area contributed by atoms with Crippen LogP contribution in [0, 0.1) is 0 Å². The smallest absolute Gasteiger partial charge is 0.191 e. The van der Waals surface area contributed by atoms with Gasteiger partial charge in [-0.15, -0.1) is 35.3 Å². The summed E-state index contributed by atoms with van der Waals surface area (Å²) in [4.78, 5) is 9.18. The fraction of sp³-hybridized carbons (Fsp3) is 0.412. The minimum atomic E-state index is 0. The molecule has 2 aromatic rings. The number of guanidine groups is 1. The Kier molecular flexibility index (Phi) is 9.70. The van der Waals surface area contributed by atoms with Crippen molar-refractivity contribution in [2.75, 3.05) is 13.7 Å². The number of aromatic nitrogens is 1. The molecule has 0 unspecified atom stereocenters. The molecule has 1 aromatic heterocycles. The minimum absolute atomic E-state index is 0. The number of aryl methyl sites for hydroxylation is 1. The highest BCUT2D eigenvalue weighted by molar-refractivity contribution is 14.0. The Morgan fingerprint density at radius 2 is 2.04 bits per heavy atom. The van der Waals surface area contributed by atoms with Crippen molar-refractivity contribution in [2.45, 2.75) is 33.4 Å². The summed E-state index contributed by atoms with van der Waals surface area (Å²) in [6, 6.07) is 7.94. The van der Waals surface area contributed by atoms with E-state index < -0.39 is 0 Å². The molecule has 0 aliphatic rings. The lowest BCUT2D eigenvalue weighted by Crippen LogP contribution is -2.36. The Hall–Kier alpha value is -1.35. The molecular formula is C17H25IN4OS. The van der Waals surface area contributed by atoms with Crippen molar-refractivity contribution in [1.29, 1.82) is 0 Å².